The fraction of sp³-hybridized carbons (Fsp3) is 0.385. The van der Waals surface area contributed by atoms with Crippen LogP contribution in [0.2, 0.25) is 0 Å². The number of nitrogens with zero attached hydrogens (tertiary/aromatic N) is 2. The van der Waals surface area contributed by atoms with Gasteiger partial charge in [-0.2, -0.15) is 5.10 Å². The van der Waals surface area contributed by atoms with Crippen molar-refractivity contribution in [3.8, 4) is 0 Å². The Morgan fingerprint density at radius 1 is 1.35 bits per heavy atom. The molecule has 1 saturated carbocycles. The van der Waals surface area contributed by atoms with Gasteiger partial charge in [-0.3, -0.25) is 10.1 Å². The van der Waals surface area contributed by atoms with Crippen molar-refractivity contribution in [2.24, 2.45) is 10.4 Å². The maximum absolute atomic E-state index is 13.1. The van der Waals surface area contributed by atoms with Crippen LogP contribution in [0.1, 0.15) is 55.8 Å². The van der Waals surface area contributed by atoms with E-state index in [1.807, 2.05) is 24.4 Å². The summed E-state index contributed by atoms with van der Waals surface area (Å²) in [5.41, 5.74) is 3.71. The van der Waals surface area contributed by atoms with Gasteiger partial charge in [0.2, 0.25) is 0 Å². The van der Waals surface area contributed by atoms with Gasteiger partial charge in [0.1, 0.15) is 5.83 Å². The summed E-state index contributed by atoms with van der Waals surface area (Å²) in [5, 5.41) is 18.6. The summed E-state index contributed by atoms with van der Waals surface area (Å²) in [4.78, 5) is 3.98. The Kier molecular flexibility index (Phi) is 7.39. The molecule has 0 bridgehead atoms. The van der Waals surface area contributed by atoms with Crippen LogP contribution in [0.25, 0.3) is 6.08 Å². The highest BCUT2D eigenvalue weighted by Gasteiger charge is 2.56. The number of aryl methyl sites for hydroxylation is 1. The first-order valence-corrected chi connectivity index (χ1v) is 10.9. The fourth-order valence-electron chi connectivity index (χ4n) is 4.81. The second-order valence-corrected chi connectivity index (χ2v) is 8.43. The van der Waals surface area contributed by atoms with Gasteiger partial charge in [0.25, 0.3) is 0 Å². The number of H-pyrrole nitrogens is 1. The van der Waals surface area contributed by atoms with E-state index in [0.717, 1.165) is 49.2 Å². The van der Waals surface area contributed by atoms with Gasteiger partial charge < -0.3 is 5.11 Å². The molecular formula is C26H32FN3O. The van der Waals surface area contributed by atoms with Crippen molar-refractivity contribution in [2.45, 2.75) is 58.0 Å². The Morgan fingerprint density at radius 2 is 2.13 bits per heavy atom. The molecule has 2 unspecified atom stereocenters. The Bertz CT molecular complexity index is 976. The molecule has 1 aromatic heterocycles. The molecule has 2 atom stereocenters. The van der Waals surface area contributed by atoms with Gasteiger partial charge in [-0.05, 0) is 50.3 Å². The van der Waals surface area contributed by atoms with E-state index in [9.17, 15) is 9.50 Å². The molecule has 0 saturated heterocycles. The average molecular weight is 422 g/mol. The van der Waals surface area contributed by atoms with Crippen molar-refractivity contribution in [3.05, 3.63) is 83.6 Å². The van der Waals surface area contributed by atoms with Gasteiger partial charge >= 0.3 is 0 Å². The normalized spacial score (nSPS) is 24.8. The van der Waals surface area contributed by atoms with Crippen molar-refractivity contribution >= 4 is 12.3 Å². The molecule has 2 aliphatic rings. The Morgan fingerprint density at radius 3 is 2.77 bits per heavy atom. The molecule has 2 N–H and O–H groups in total. The lowest BCUT2D eigenvalue weighted by Crippen LogP contribution is -2.47. The number of halogens is 1. The zero-order valence-corrected chi connectivity index (χ0v) is 18.4. The number of aromatic amines is 1. The van der Waals surface area contributed by atoms with Crippen molar-refractivity contribution in [1.29, 1.82) is 0 Å². The first-order chi connectivity index (χ1) is 14.9. The maximum Gasteiger partial charge on any atom is 0.140 e. The highest BCUT2D eigenvalue weighted by molar-refractivity contribution is 5.65. The van der Waals surface area contributed by atoms with Crippen molar-refractivity contribution in [3.63, 3.8) is 0 Å². The summed E-state index contributed by atoms with van der Waals surface area (Å²) < 4.78 is 13.1. The third-order valence-corrected chi connectivity index (χ3v) is 6.42. The smallest absolute Gasteiger partial charge is 0.140 e. The molecule has 4 rings (SSSR count). The van der Waals surface area contributed by atoms with Gasteiger partial charge in [0.05, 0.1) is 23.7 Å². The molecule has 1 fully saturated rings. The zero-order valence-electron chi connectivity index (χ0n) is 18.4. The van der Waals surface area contributed by atoms with E-state index in [0.29, 0.717) is 12.8 Å². The number of rotatable bonds is 6. The number of hydrogen-bond acceptors (Lipinski definition) is 3. The van der Waals surface area contributed by atoms with Crippen LogP contribution in [0.15, 0.2) is 71.8 Å². The molecule has 2 aromatic rings. The third kappa shape index (κ3) is 4.93. The number of aliphatic hydroxyl groups is 1. The molecule has 0 aliphatic heterocycles. The number of aromatic nitrogens is 2. The quantitative estimate of drug-likeness (QED) is 0.436. The largest absolute Gasteiger partial charge is 0.389 e. The molecule has 1 aromatic carbocycles. The van der Waals surface area contributed by atoms with E-state index in [1.165, 1.54) is 11.1 Å². The van der Waals surface area contributed by atoms with Gasteiger partial charge in [0.15, 0.2) is 0 Å². The van der Waals surface area contributed by atoms with Gasteiger partial charge in [0, 0.05) is 18.1 Å². The molecule has 0 spiro atoms. The minimum atomic E-state index is -0.855. The summed E-state index contributed by atoms with van der Waals surface area (Å²) >= 11 is 0. The molecule has 1 heterocycles. The van der Waals surface area contributed by atoms with E-state index >= 15 is 0 Å². The first kappa shape index (κ1) is 22.9. The summed E-state index contributed by atoms with van der Waals surface area (Å²) in [6.07, 6.45) is 12.6. The number of hydrogen-bond donors (Lipinski definition) is 2. The summed E-state index contributed by atoms with van der Waals surface area (Å²) in [6.45, 7) is 7.58. The summed E-state index contributed by atoms with van der Waals surface area (Å²) in [7, 11) is 0. The van der Waals surface area contributed by atoms with Crippen LogP contribution >= 0.6 is 0 Å². The van der Waals surface area contributed by atoms with Crippen LogP contribution in [0.4, 0.5) is 4.39 Å². The van der Waals surface area contributed by atoms with E-state index in [2.05, 4.69) is 53.8 Å². The SMILES string of the molecule is C=C/C(F)=C\N=CCC1(O)CCC2=Cc3[nH]ncc3CC21CCC.Cc1ccccc1. The molecule has 0 radical (unpaired) electrons. The van der Waals surface area contributed by atoms with Gasteiger partial charge in [-0.25, -0.2) is 4.39 Å². The number of fused-ring (bicyclic) bond motifs is 2. The summed E-state index contributed by atoms with van der Waals surface area (Å²) in [6, 6.07) is 10.3. The minimum absolute atomic E-state index is 0.272. The van der Waals surface area contributed by atoms with E-state index in [1.54, 1.807) is 6.21 Å². The third-order valence-electron chi connectivity index (χ3n) is 6.42. The fourth-order valence-corrected chi connectivity index (χ4v) is 4.81. The Balaban J connectivity index is 0.000000330. The first-order valence-electron chi connectivity index (χ1n) is 10.9. The highest BCUT2D eigenvalue weighted by atomic mass is 19.1. The number of allylic oxidation sites excluding steroid dienone is 2. The maximum atomic E-state index is 13.1. The van der Waals surface area contributed by atoms with Crippen LogP contribution in [-0.4, -0.2) is 27.1 Å². The predicted octanol–water partition coefficient (Wildman–Crippen LogP) is 6.11. The van der Waals surface area contributed by atoms with Crippen LogP contribution < -0.4 is 0 Å². The zero-order chi connectivity index (χ0) is 22.3. The second kappa shape index (κ2) is 10.0. The van der Waals surface area contributed by atoms with Crippen LogP contribution in [-0.2, 0) is 6.42 Å². The predicted molar refractivity (Wildman–Crippen MR) is 125 cm³/mol. The number of aliphatic imine (C=N–C) groups is 1. The van der Waals surface area contributed by atoms with E-state index < -0.39 is 11.4 Å². The topological polar surface area (TPSA) is 61.3 Å². The molecule has 5 heteroatoms. The second-order valence-electron chi connectivity index (χ2n) is 8.43. The van der Waals surface area contributed by atoms with Crippen LogP contribution in [0.3, 0.4) is 0 Å². The van der Waals surface area contributed by atoms with Crippen LogP contribution in [0.5, 0.6) is 0 Å². The lowest BCUT2D eigenvalue weighted by Gasteiger charge is -2.44. The van der Waals surface area contributed by atoms with E-state index in [4.69, 9.17) is 0 Å². The van der Waals surface area contributed by atoms with E-state index in [-0.39, 0.29) is 5.41 Å². The summed E-state index contributed by atoms with van der Waals surface area (Å²) in [5.74, 6) is -0.478. The average Bonchev–Trinajstić information content (AvgIpc) is 3.33. The van der Waals surface area contributed by atoms with Gasteiger partial charge in [-0.1, -0.05) is 61.4 Å². The molecule has 31 heavy (non-hydrogen) atoms. The lowest BCUT2D eigenvalue weighted by atomic mass is 9.62. The highest BCUT2D eigenvalue weighted by Crippen LogP contribution is 2.58. The standard InChI is InChI=1S/C19H24FN3O.C7H8/c1-3-6-18-11-14-12-22-23-17(14)10-15(18)5-7-19(18,24)8-9-21-13-16(20)4-2;1-7-5-3-2-4-6-7/h4,9-10,12-13,24H,2-3,5-8,11H2,1H3,(H,22,23);2-6H,1H3/b16-13+,21-9?;. The van der Waals surface area contributed by atoms with Crippen molar-refractivity contribution < 1.29 is 9.50 Å². The Labute approximate surface area is 184 Å². The van der Waals surface area contributed by atoms with Crippen molar-refractivity contribution in [2.75, 3.05) is 0 Å². The monoisotopic (exact) mass is 421 g/mol. The molecule has 0 amide bonds. The number of nitrogens with one attached hydrogen (secondary N) is 1. The Hall–Kier alpha value is -2.79. The molecule has 164 valence electrons. The van der Waals surface area contributed by atoms with Crippen LogP contribution in [0, 0.1) is 12.3 Å². The molecule has 4 nitrogen and oxygen atoms in total. The lowest BCUT2D eigenvalue weighted by molar-refractivity contribution is -0.0459. The van der Waals surface area contributed by atoms with Gasteiger partial charge in [-0.15, -0.1) is 0 Å². The molecular weight excluding hydrogens is 389 g/mol. The molecule has 2 aliphatic carbocycles. The minimum Gasteiger partial charge on any atom is -0.389 e. The van der Waals surface area contributed by atoms with Crippen molar-refractivity contribution in [1.82, 2.24) is 10.2 Å². The number of benzene rings is 1.